The van der Waals surface area contributed by atoms with E-state index in [1.54, 1.807) is 0 Å². The molecule has 0 saturated heterocycles. The second-order valence-corrected chi connectivity index (χ2v) is 7.83. The van der Waals surface area contributed by atoms with Gasteiger partial charge in [0.15, 0.2) is 0 Å². The van der Waals surface area contributed by atoms with Crippen molar-refractivity contribution >= 4 is 20.9 Å². The van der Waals surface area contributed by atoms with E-state index < -0.39 is 0 Å². The summed E-state index contributed by atoms with van der Waals surface area (Å²) in [6.45, 7) is 2.86. The molecule has 1 aliphatic rings. The fraction of sp³-hybridized carbons (Fsp3) is 0.722. The molecule has 1 aliphatic heterocycles. The van der Waals surface area contributed by atoms with Crippen molar-refractivity contribution in [2.75, 3.05) is 6.61 Å². The number of ether oxygens (including phenoxy) is 1. The number of hydrogen-bond donors (Lipinski definition) is 0. The first kappa shape index (κ1) is 18.5. The molecule has 1 unspecified atom stereocenters. The molecule has 0 saturated carbocycles. The minimum atomic E-state index is -0.0356. The predicted octanol–water partition coefficient (Wildman–Crippen LogP) is 5.03. The summed E-state index contributed by atoms with van der Waals surface area (Å²) in [5, 5.41) is 0. The third-order valence-electron chi connectivity index (χ3n) is 3.68. The summed E-state index contributed by atoms with van der Waals surface area (Å²) in [7, 11) is 0. The van der Waals surface area contributed by atoms with Gasteiger partial charge in [0.1, 0.15) is 0 Å². The molecule has 3 heteroatoms. The van der Waals surface area contributed by atoms with Gasteiger partial charge in [-0.15, -0.1) is 0 Å². The van der Waals surface area contributed by atoms with Crippen LogP contribution in [0.3, 0.4) is 0 Å². The summed E-state index contributed by atoms with van der Waals surface area (Å²) in [6.07, 6.45) is 19.0. The van der Waals surface area contributed by atoms with Crippen LogP contribution in [0.1, 0.15) is 71.1 Å². The van der Waals surface area contributed by atoms with Gasteiger partial charge in [0.2, 0.25) is 0 Å². The molecule has 1 heterocycles. The molecule has 2 nitrogen and oxygen atoms in total. The Morgan fingerprint density at radius 2 is 1.57 bits per heavy atom. The zero-order valence-corrected chi connectivity index (χ0v) is 15.1. The third kappa shape index (κ3) is 9.92. The number of unbranched alkanes of at least 4 members (excludes halogenated alkanes) is 9. The molecule has 0 aromatic carbocycles. The van der Waals surface area contributed by atoms with Gasteiger partial charge in [-0.05, 0) is 0 Å². The summed E-state index contributed by atoms with van der Waals surface area (Å²) < 4.78 is 5.35. The zero-order chi connectivity index (χ0) is 15.2. The van der Waals surface area contributed by atoms with Crippen molar-refractivity contribution in [2.45, 2.75) is 75.9 Å². The summed E-state index contributed by atoms with van der Waals surface area (Å²) >= 11 is 0.240. The molecule has 0 aromatic heterocycles. The van der Waals surface area contributed by atoms with Gasteiger partial charge in [-0.3, -0.25) is 0 Å². The molecular weight excluding hydrogens is 327 g/mol. The van der Waals surface area contributed by atoms with Gasteiger partial charge in [0.25, 0.3) is 0 Å². The Kier molecular flexibility index (Phi) is 11.6. The van der Waals surface area contributed by atoms with Gasteiger partial charge in [-0.1, -0.05) is 19.8 Å². The van der Waals surface area contributed by atoms with Crippen LogP contribution in [-0.2, 0) is 9.53 Å². The predicted molar refractivity (Wildman–Crippen MR) is 90.6 cm³/mol. The Hall–Kier alpha value is -0.531. The van der Waals surface area contributed by atoms with Crippen molar-refractivity contribution in [1.82, 2.24) is 0 Å². The minimum absolute atomic E-state index is 0.00520. The van der Waals surface area contributed by atoms with E-state index in [2.05, 4.69) is 11.9 Å². The first-order valence-electron chi connectivity index (χ1n) is 8.50. The van der Waals surface area contributed by atoms with Gasteiger partial charge in [-0.2, -0.15) is 0 Å². The standard InChI is InChI=1S/C18H30O2Se/c1-2-3-4-5-6-7-8-9-10-12-15-20-18(19)17-14-11-13-16-21-17/h11,13-14,16-17H,2-10,12,15H2,1H3. The van der Waals surface area contributed by atoms with E-state index in [0.717, 1.165) is 6.42 Å². The summed E-state index contributed by atoms with van der Waals surface area (Å²) in [5.41, 5.74) is 0. The quantitative estimate of drug-likeness (QED) is 0.278. The van der Waals surface area contributed by atoms with E-state index in [4.69, 9.17) is 4.74 Å². The Morgan fingerprint density at radius 1 is 0.952 bits per heavy atom. The van der Waals surface area contributed by atoms with Crippen LogP contribution in [0.5, 0.6) is 0 Å². The third-order valence-corrected chi connectivity index (χ3v) is 5.68. The molecule has 0 bridgehead atoms. The van der Waals surface area contributed by atoms with Gasteiger partial charge in [-0.25, -0.2) is 0 Å². The first-order valence-corrected chi connectivity index (χ1v) is 10.5. The maximum atomic E-state index is 11.8. The molecule has 0 aliphatic carbocycles. The Bertz CT molecular complexity index is 323. The maximum absolute atomic E-state index is 11.8. The molecule has 0 spiro atoms. The zero-order valence-electron chi connectivity index (χ0n) is 13.4. The van der Waals surface area contributed by atoms with Crippen LogP contribution in [0.15, 0.2) is 23.2 Å². The van der Waals surface area contributed by atoms with E-state index in [1.807, 2.05) is 18.2 Å². The van der Waals surface area contributed by atoms with Crippen molar-refractivity contribution in [2.24, 2.45) is 0 Å². The monoisotopic (exact) mass is 358 g/mol. The fourth-order valence-corrected chi connectivity index (χ4v) is 3.86. The second kappa shape index (κ2) is 13.2. The van der Waals surface area contributed by atoms with E-state index in [0.29, 0.717) is 6.61 Å². The van der Waals surface area contributed by atoms with Crippen LogP contribution in [0.2, 0.25) is 4.82 Å². The van der Waals surface area contributed by atoms with E-state index in [-0.39, 0.29) is 25.7 Å². The topological polar surface area (TPSA) is 26.3 Å². The summed E-state index contributed by atoms with van der Waals surface area (Å²) in [4.78, 5) is 13.9. The van der Waals surface area contributed by atoms with Crippen LogP contribution in [0, 0.1) is 0 Å². The van der Waals surface area contributed by atoms with Crippen LogP contribution >= 0.6 is 0 Å². The second-order valence-electron chi connectivity index (χ2n) is 5.62. The molecule has 0 aromatic rings. The van der Waals surface area contributed by atoms with Crippen LogP contribution in [0.4, 0.5) is 0 Å². The number of esters is 1. The molecular formula is C18H30O2Se. The number of rotatable bonds is 12. The van der Waals surface area contributed by atoms with Gasteiger partial charge < -0.3 is 0 Å². The van der Waals surface area contributed by atoms with Crippen LogP contribution in [0.25, 0.3) is 0 Å². The number of hydrogen-bond acceptors (Lipinski definition) is 2. The normalized spacial score (nSPS) is 17.1. The summed E-state index contributed by atoms with van der Waals surface area (Å²) in [5.74, 6) is -0.0356. The average molecular weight is 357 g/mol. The van der Waals surface area contributed by atoms with E-state index in [1.165, 1.54) is 57.8 Å². The Labute approximate surface area is 136 Å². The molecule has 0 radical (unpaired) electrons. The molecule has 0 fully saturated rings. The fourth-order valence-electron chi connectivity index (χ4n) is 2.36. The van der Waals surface area contributed by atoms with Crippen molar-refractivity contribution in [3.8, 4) is 0 Å². The number of carbonyl (C=O) groups excluding carboxylic acids is 1. The van der Waals surface area contributed by atoms with Crippen LogP contribution in [-0.4, -0.2) is 27.5 Å². The molecule has 0 N–H and O–H groups in total. The SMILES string of the molecule is CCCCCCCCCCCCOC(=O)C1C=CC=C[Se]1. The van der Waals surface area contributed by atoms with Gasteiger partial charge >= 0.3 is 116 Å². The Morgan fingerprint density at radius 3 is 2.14 bits per heavy atom. The average Bonchev–Trinajstić information content (AvgIpc) is 2.53. The Balaban J connectivity index is 1.83. The molecule has 1 atom stereocenters. The molecule has 1 rings (SSSR count). The number of allylic oxidation sites excluding steroid dienone is 2. The first-order chi connectivity index (χ1) is 10.3. The van der Waals surface area contributed by atoms with Crippen LogP contribution < -0.4 is 0 Å². The molecule has 120 valence electrons. The van der Waals surface area contributed by atoms with Gasteiger partial charge in [0, 0.05) is 0 Å². The van der Waals surface area contributed by atoms with Crippen molar-refractivity contribution < 1.29 is 9.53 Å². The molecule has 21 heavy (non-hydrogen) atoms. The molecule has 0 amide bonds. The van der Waals surface area contributed by atoms with E-state index in [9.17, 15) is 4.79 Å². The van der Waals surface area contributed by atoms with Crippen molar-refractivity contribution in [3.63, 3.8) is 0 Å². The van der Waals surface area contributed by atoms with Gasteiger partial charge in [0.05, 0.1) is 0 Å². The van der Waals surface area contributed by atoms with E-state index >= 15 is 0 Å². The van der Waals surface area contributed by atoms with Crippen molar-refractivity contribution in [3.05, 3.63) is 23.2 Å². The number of carbonyl (C=O) groups is 1. The summed E-state index contributed by atoms with van der Waals surface area (Å²) in [6, 6.07) is 0. The van der Waals surface area contributed by atoms with Crippen molar-refractivity contribution in [1.29, 1.82) is 0 Å².